The van der Waals surface area contributed by atoms with Crippen molar-refractivity contribution in [2.75, 3.05) is 5.32 Å². The molecule has 28 heavy (non-hydrogen) atoms. The van der Waals surface area contributed by atoms with Crippen molar-refractivity contribution in [3.8, 4) is 11.3 Å². The molecule has 0 saturated heterocycles. The molecule has 0 unspecified atom stereocenters. The highest BCUT2D eigenvalue weighted by Gasteiger charge is 2.15. The lowest BCUT2D eigenvalue weighted by Gasteiger charge is -2.08. The monoisotopic (exact) mass is 437 g/mol. The topological polar surface area (TPSA) is 46.4 Å². The smallest absolute Gasteiger partial charge is 0.224 e. The fourth-order valence-electron chi connectivity index (χ4n) is 3.13. The molecule has 0 bridgehead atoms. The second-order valence-corrected chi connectivity index (χ2v) is 7.29. The van der Waals surface area contributed by atoms with Crippen molar-refractivity contribution < 1.29 is 9.18 Å². The van der Waals surface area contributed by atoms with Crippen molar-refractivity contribution in [1.29, 1.82) is 0 Å². The van der Waals surface area contributed by atoms with Gasteiger partial charge in [0.1, 0.15) is 11.5 Å². The number of anilines is 1. The van der Waals surface area contributed by atoms with Crippen molar-refractivity contribution in [3.05, 3.63) is 88.9 Å². The van der Waals surface area contributed by atoms with Crippen LogP contribution in [0.3, 0.4) is 0 Å². The molecule has 0 fully saturated rings. The van der Waals surface area contributed by atoms with E-state index in [0.717, 1.165) is 27.1 Å². The van der Waals surface area contributed by atoms with Gasteiger partial charge in [0, 0.05) is 22.7 Å². The number of para-hydroxylation sites is 1. The van der Waals surface area contributed by atoms with E-state index in [0.29, 0.717) is 6.42 Å². The fourth-order valence-corrected chi connectivity index (χ4v) is 3.40. The Hall–Kier alpha value is -2.99. The Bertz CT molecular complexity index is 1140. The third kappa shape index (κ3) is 3.82. The van der Waals surface area contributed by atoms with Crippen LogP contribution in [0.25, 0.3) is 16.9 Å². The summed E-state index contributed by atoms with van der Waals surface area (Å²) in [7, 11) is 0. The largest absolute Gasteiger partial charge is 0.324 e. The molecule has 6 heteroatoms. The molecule has 2 aromatic carbocycles. The molecule has 0 aliphatic carbocycles. The van der Waals surface area contributed by atoms with Crippen LogP contribution >= 0.6 is 15.9 Å². The fraction of sp³-hybridized carbons (Fsp3) is 0.0909. The maximum atomic E-state index is 13.8. The van der Waals surface area contributed by atoms with Gasteiger partial charge in [0.2, 0.25) is 5.91 Å². The van der Waals surface area contributed by atoms with Gasteiger partial charge in [0.15, 0.2) is 0 Å². The number of amides is 1. The van der Waals surface area contributed by atoms with E-state index >= 15 is 0 Å². The second kappa shape index (κ2) is 7.94. The van der Waals surface area contributed by atoms with Crippen LogP contribution in [0.2, 0.25) is 0 Å². The van der Waals surface area contributed by atoms with E-state index in [1.807, 2.05) is 53.1 Å². The highest BCUT2D eigenvalue weighted by molar-refractivity contribution is 9.10. The van der Waals surface area contributed by atoms with Gasteiger partial charge in [-0.15, -0.1) is 0 Å². The molecule has 4 nitrogen and oxygen atoms in total. The number of aromatic nitrogens is 2. The van der Waals surface area contributed by atoms with Gasteiger partial charge in [-0.25, -0.2) is 9.37 Å². The van der Waals surface area contributed by atoms with Gasteiger partial charge in [-0.3, -0.25) is 4.79 Å². The number of halogens is 2. The second-order valence-electron chi connectivity index (χ2n) is 6.37. The Morgan fingerprint density at radius 2 is 1.79 bits per heavy atom. The summed E-state index contributed by atoms with van der Waals surface area (Å²) in [6.45, 7) is 0. The summed E-state index contributed by atoms with van der Waals surface area (Å²) in [5.74, 6) is -0.682. The first kappa shape index (κ1) is 18.4. The SMILES string of the molecule is O=C(CCc1c(-c2ccc(Br)cc2)nc2ccccn12)Nc1ccccc1F. The minimum atomic E-state index is -0.443. The number of fused-ring (bicyclic) bond motifs is 1. The molecule has 4 aromatic rings. The molecular weight excluding hydrogens is 421 g/mol. The number of carbonyl (C=O) groups excluding carboxylic acids is 1. The summed E-state index contributed by atoms with van der Waals surface area (Å²) < 4.78 is 16.7. The first-order valence-electron chi connectivity index (χ1n) is 8.88. The van der Waals surface area contributed by atoms with Crippen LogP contribution in [0.5, 0.6) is 0 Å². The maximum absolute atomic E-state index is 13.8. The molecule has 140 valence electrons. The molecule has 2 heterocycles. The van der Waals surface area contributed by atoms with Crippen LogP contribution < -0.4 is 5.32 Å². The van der Waals surface area contributed by atoms with E-state index in [-0.39, 0.29) is 18.0 Å². The Labute approximate surface area is 170 Å². The number of hydrogen-bond donors (Lipinski definition) is 1. The van der Waals surface area contributed by atoms with Crippen molar-refractivity contribution in [2.45, 2.75) is 12.8 Å². The molecule has 1 N–H and O–H groups in total. The Morgan fingerprint density at radius 3 is 2.57 bits per heavy atom. The number of nitrogens with one attached hydrogen (secondary N) is 1. The zero-order chi connectivity index (χ0) is 19.5. The average molecular weight is 438 g/mol. The van der Waals surface area contributed by atoms with Gasteiger partial charge in [-0.2, -0.15) is 0 Å². The third-order valence-corrected chi connectivity index (χ3v) is 5.01. The zero-order valence-electron chi connectivity index (χ0n) is 14.9. The number of carbonyl (C=O) groups is 1. The number of aryl methyl sites for hydroxylation is 1. The Morgan fingerprint density at radius 1 is 1.04 bits per heavy atom. The quantitative estimate of drug-likeness (QED) is 0.449. The predicted molar refractivity (Wildman–Crippen MR) is 112 cm³/mol. The predicted octanol–water partition coefficient (Wildman–Crippen LogP) is 5.47. The lowest BCUT2D eigenvalue weighted by Crippen LogP contribution is -2.14. The molecule has 0 saturated carbocycles. The number of benzene rings is 2. The third-order valence-electron chi connectivity index (χ3n) is 4.48. The van der Waals surface area contributed by atoms with Crippen molar-refractivity contribution in [3.63, 3.8) is 0 Å². The summed E-state index contributed by atoms with van der Waals surface area (Å²) in [6, 6.07) is 19.9. The molecule has 0 aliphatic heterocycles. The summed E-state index contributed by atoms with van der Waals surface area (Å²) in [4.78, 5) is 17.1. The van der Waals surface area contributed by atoms with Crippen molar-refractivity contribution in [1.82, 2.24) is 9.38 Å². The van der Waals surface area contributed by atoms with Gasteiger partial charge >= 0.3 is 0 Å². The van der Waals surface area contributed by atoms with Crippen molar-refractivity contribution in [2.24, 2.45) is 0 Å². The Kier molecular flexibility index (Phi) is 5.21. The first-order chi connectivity index (χ1) is 13.6. The molecule has 2 aromatic heterocycles. The molecule has 0 atom stereocenters. The van der Waals surface area contributed by atoms with Crippen LogP contribution in [-0.4, -0.2) is 15.3 Å². The molecule has 1 amide bonds. The first-order valence-corrected chi connectivity index (χ1v) is 9.67. The van der Waals surface area contributed by atoms with E-state index in [2.05, 4.69) is 21.2 Å². The maximum Gasteiger partial charge on any atom is 0.224 e. The number of imidazole rings is 1. The highest BCUT2D eigenvalue weighted by atomic mass is 79.9. The van der Waals surface area contributed by atoms with Gasteiger partial charge in [-0.05, 0) is 42.8 Å². The number of nitrogens with zero attached hydrogens (tertiary/aromatic N) is 2. The molecule has 0 radical (unpaired) electrons. The van der Waals surface area contributed by atoms with Crippen LogP contribution in [0, 0.1) is 5.82 Å². The van der Waals surface area contributed by atoms with Gasteiger partial charge in [0.05, 0.1) is 17.1 Å². The van der Waals surface area contributed by atoms with Crippen LogP contribution in [0.15, 0.2) is 77.4 Å². The zero-order valence-corrected chi connectivity index (χ0v) is 16.5. The van der Waals surface area contributed by atoms with Crippen LogP contribution in [0.1, 0.15) is 12.1 Å². The molecule has 0 spiro atoms. The molecule has 4 rings (SSSR count). The Balaban J connectivity index is 1.60. The molecule has 0 aliphatic rings. The van der Waals surface area contributed by atoms with E-state index < -0.39 is 5.82 Å². The lowest BCUT2D eigenvalue weighted by molar-refractivity contribution is -0.116. The number of pyridine rings is 1. The van der Waals surface area contributed by atoms with Gasteiger partial charge < -0.3 is 9.72 Å². The normalized spacial score (nSPS) is 10.9. The van der Waals surface area contributed by atoms with E-state index in [1.54, 1.807) is 18.2 Å². The van der Waals surface area contributed by atoms with E-state index in [1.165, 1.54) is 6.07 Å². The lowest BCUT2D eigenvalue weighted by atomic mass is 10.1. The molecular formula is C22H17BrFN3O. The summed E-state index contributed by atoms with van der Waals surface area (Å²) in [6.07, 6.45) is 2.65. The van der Waals surface area contributed by atoms with Crippen LogP contribution in [0.4, 0.5) is 10.1 Å². The summed E-state index contributed by atoms with van der Waals surface area (Å²) in [5.41, 5.74) is 3.79. The number of hydrogen-bond acceptors (Lipinski definition) is 2. The summed E-state index contributed by atoms with van der Waals surface area (Å²) in [5, 5.41) is 2.64. The summed E-state index contributed by atoms with van der Waals surface area (Å²) >= 11 is 3.45. The average Bonchev–Trinajstić information content (AvgIpc) is 3.07. The van der Waals surface area contributed by atoms with E-state index in [4.69, 9.17) is 4.98 Å². The standard InChI is InChI=1S/C22H17BrFN3O/c23-16-10-8-15(9-11-16)22-19(27-14-4-3-7-20(27)26-22)12-13-21(28)25-18-6-2-1-5-17(18)24/h1-11,14H,12-13H2,(H,25,28). The highest BCUT2D eigenvalue weighted by Crippen LogP contribution is 2.27. The van der Waals surface area contributed by atoms with Crippen molar-refractivity contribution >= 4 is 33.2 Å². The van der Waals surface area contributed by atoms with Crippen LogP contribution in [-0.2, 0) is 11.2 Å². The minimum absolute atomic E-state index is 0.193. The minimum Gasteiger partial charge on any atom is -0.324 e. The van der Waals surface area contributed by atoms with Gasteiger partial charge in [-0.1, -0.05) is 46.3 Å². The van der Waals surface area contributed by atoms with E-state index in [9.17, 15) is 9.18 Å². The number of rotatable bonds is 5. The van der Waals surface area contributed by atoms with Gasteiger partial charge in [0.25, 0.3) is 0 Å².